The lowest BCUT2D eigenvalue weighted by atomic mass is 9.75. The van der Waals surface area contributed by atoms with Gasteiger partial charge in [0.1, 0.15) is 5.56 Å². The lowest BCUT2D eigenvalue weighted by Gasteiger charge is -2.38. The van der Waals surface area contributed by atoms with Crippen molar-refractivity contribution in [3.8, 4) is 0 Å². The molecule has 0 saturated carbocycles. The van der Waals surface area contributed by atoms with E-state index in [4.69, 9.17) is 4.74 Å². The van der Waals surface area contributed by atoms with Crippen molar-refractivity contribution in [2.75, 3.05) is 25.1 Å². The number of piperidine rings is 1. The molecule has 0 N–H and O–H groups in total. The molecule has 0 amide bonds. The molecule has 2 rings (SSSR count). The van der Waals surface area contributed by atoms with Gasteiger partial charge in [-0.05, 0) is 38.0 Å². The molecule has 1 aliphatic rings. The predicted molar refractivity (Wildman–Crippen MR) is 87.2 cm³/mol. The van der Waals surface area contributed by atoms with Crippen LogP contribution in [0.15, 0.2) is 0 Å². The van der Waals surface area contributed by atoms with Crippen molar-refractivity contribution >= 4 is 11.9 Å². The highest BCUT2D eigenvalue weighted by Gasteiger charge is 2.30. The lowest BCUT2D eigenvalue weighted by molar-refractivity contribution is 0.0598. The molecule has 0 radical (unpaired) electrons. The summed E-state index contributed by atoms with van der Waals surface area (Å²) >= 11 is 0. The van der Waals surface area contributed by atoms with Gasteiger partial charge in [-0.25, -0.2) is 14.8 Å². The average molecular weight is 305 g/mol. The Kier molecular flexibility index (Phi) is 4.73. The Bertz CT molecular complexity index is 533. The third-order valence-corrected chi connectivity index (χ3v) is 4.65. The molecule has 0 aliphatic carbocycles. The summed E-state index contributed by atoms with van der Waals surface area (Å²) in [6, 6.07) is 0. The van der Waals surface area contributed by atoms with Crippen LogP contribution in [0, 0.1) is 25.2 Å². The van der Waals surface area contributed by atoms with Gasteiger partial charge >= 0.3 is 5.97 Å². The Morgan fingerprint density at radius 1 is 1.14 bits per heavy atom. The Labute approximate surface area is 133 Å². The van der Waals surface area contributed by atoms with Crippen LogP contribution in [-0.4, -0.2) is 36.1 Å². The second kappa shape index (κ2) is 6.23. The average Bonchev–Trinajstić information content (AvgIpc) is 2.45. The molecule has 1 fully saturated rings. The van der Waals surface area contributed by atoms with Crippen molar-refractivity contribution in [1.82, 2.24) is 9.97 Å². The van der Waals surface area contributed by atoms with Gasteiger partial charge in [0.25, 0.3) is 0 Å². The first-order valence-corrected chi connectivity index (χ1v) is 7.92. The van der Waals surface area contributed by atoms with Crippen LogP contribution < -0.4 is 4.90 Å². The van der Waals surface area contributed by atoms with Gasteiger partial charge in [0.15, 0.2) is 0 Å². The third-order valence-electron chi connectivity index (χ3n) is 4.65. The van der Waals surface area contributed by atoms with Gasteiger partial charge in [-0.15, -0.1) is 0 Å². The molecule has 0 aromatic carbocycles. The van der Waals surface area contributed by atoms with Crippen LogP contribution >= 0.6 is 0 Å². The van der Waals surface area contributed by atoms with Crippen molar-refractivity contribution < 1.29 is 9.53 Å². The number of methoxy groups -OCH3 is 1. The van der Waals surface area contributed by atoms with E-state index in [1.54, 1.807) is 0 Å². The summed E-state index contributed by atoms with van der Waals surface area (Å²) < 4.78 is 4.80. The minimum atomic E-state index is -0.368. The summed E-state index contributed by atoms with van der Waals surface area (Å²) in [4.78, 5) is 23.1. The summed E-state index contributed by atoms with van der Waals surface area (Å²) in [5.41, 5.74) is 2.21. The van der Waals surface area contributed by atoms with Crippen LogP contribution in [0.3, 0.4) is 0 Å². The maximum absolute atomic E-state index is 11.8. The molecule has 5 nitrogen and oxygen atoms in total. The highest BCUT2D eigenvalue weighted by molar-refractivity contribution is 5.91. The zero-order valence-electron chi connectivity index (χ0n) is 14.6. The van der Waals surface area contributed by atoms with Crippen molar-refractivity contribution in [3.05, 3.63) is 17.0 Å². The molecular formula is C17H27N3O2. The van der Waals surface area contributed by atoms with E-state index in [9.17, 15) is 4.79 Å². The molecule has 122 valence electrons. The van der Waals surface area contributed by atoms with E-state index in [1.807, 2.05) is 13.8 Å². The van der Waals surface area contributed by atoms with Gasteiger partial charge in [-0.3, -0.25) is 0 Å². The highest BCUT2D eigenvalue weighted by atomic mass is 16.5. The van der Waals surface area contributed by atoms with E-state index < -0.39 is 0 Å². The maximum atomic E-state index is 11.8. The third kappa shape index (κ3) is 3.39. The summed E-state index contributed by atoms with van der Waals surface area (Å²) in [7, 11) is 1.38. The van der Waals surface area contributed by atoms with Gasteiger partial charge in [0.2, 0.25) is 5.95 Å². The Morgan fingerprint density at radius 3 is 2.05 bits per heavy atom. The number of nitrogens with zero attached hydrogens (tertiary/aromatic N) is 3. The molecule has 0 bridgehead atoms. The Hall–Kier alpha value is -1.65. The fraction of sp³-hybridized carbons (Fsp3) is 0.706. The minimum absolute atomic E-state index is 0.355. The van der Waals surface area contributed by atoms with Gasteiger partial charge in [0, 0.05) is 13.1 Å². The molecule has 1 aromatic rings. The number of carbonyl (C=O) groups excluding carboxylic acids is 1. The monoisotopic (exact) mass is 305 g/mol. The molecule has 1 aromatic heterocycles. The molecule has 2 heterocycles. The standard InChI is InChI=1S/C17H27N3O2/c1-11-14(15(21)22-6)12(2)19-16(18-11)20-9-7-13(8-10-20)17(3,4)5/h13H,7-10H2,1-6H3. The molecule has 5 heteroatoms. The van der Waals surface area contributed by atoms with Crippen LogP contribution in [0.25, 0.3) is 0 Å². The van der Waals surface area contributed by atoms with Crippen molar-refractivity contribution in [2.45, 2.75) is 47.5 Å². The first kappa shape index (κ1) is 16.7. The number of carbonyl (C=O) groups is 1. The Morgan fingerprint density at radius 2 is 1.64 bits per heavy atom. The fourth-order valence-electron chi connectivity index (χ4n) is 3.18. The number of hydrogen-bond acceptors (Lipinski definition) is 5. The number of rotatable bonds is 2. The van der Waals surface area contributed by atoms with Gasteiger partial charge in [0.05, 0.1) is 18.5 Å². The van der Waals surface area contributed by atoms with Crippen molar-refractivity contribution in [3.63, 3.8) is 0 Å². The first-order valence-electron chi connectivity index (χ1n) is 7.92. The minimum Gasteiger partial charge on any atom is -0.465 e. The zero-order valence-corrected chi connectivity index (χ0v) is 14.6. The van der Waals surface area contributed by atoms with Crippen LogP contribution in [0.2, 0.25) is 0 Å². The molecule has 0 spiro atoms. The van der Waals surface area contributed by atoms with E-state index in [0.29, 0.717) is 22.4 Å². The van der Waals surface area contributed by atoms with Crippen LogP contribution in [0.5, 0.6) is 0 Å². The van der Waals surface area contributed by atoms with E-state index in [2.05, 4.69) is 35.6 Å². The van der Waals surface area contributed by atoms with Gasteiger partial charge < -0.3 is 9.64 Å². The lowest BCUT2D eigenvalue weighted by Crippen LogP contribution is -2.39. The summed E-state index contributed by atoms with van der Waals surface area (Å²) in [5, 5.41) is 0. The second-order valence-corrected chi connectivity index (χ2v) is 7.19. The second-order valence-electron chi connectivity index (χ2n) is 7.19. The molecule has 1 saturated heterocycles. The van der Waals surface area contributed by atoms with Crippen molar-refractivity contribution in [1.29, 1.82) is 0 Å². The van der Waals surface area contributed by atoms with E-state index in [-0.39, 0.29) is 5.97 Å². The molecular weight excluding hydrogens is 278 g/mol. The zero-order chi connectivity index (χ0) is 16.5. The predicted octanol–water partition coefficient (Wildman–Crippen LogP) is 3.14. The van der Waals surface area contributed by atoms with Crippen molar-refractivity contribution in [2.24, 2.45) is 11.3 Å². The first-order chi connectivity index (χ1) is 10.2. The SMILES string of the molecule is COC(=O)c1c(C)nc(N2CCC(C(C)(C)C)CC2)nc1C. The number of hydrogen-bond donors (Lipinski definition) is 0. The van der Waals surface area contributed by atoms with Crippen LogP contribution in [0.1, 0.15) is 55.4 Å². The number of aromatic nitrogens is 2. The number of esters is 1. The van der Waals surface area contributed by atoms with Gasteiger partial charge in [-0.1, -0.05) is 20.8 Å². The number of anilines is 1. The van der Waals surface area contributed by atoms with E-state index in [1.165, 1.54) is 7.11 Å². The fourth-order valence-corrected chi connectivity index (χ4v) is 3.18. The molecule has 0 unspecified atom stereocenters. The van der Waals surface area contributed by atoms with Crippen LogP contribution in [-0.2, 0) is 4.74 Å². The quantitative estimate of drug-likeness (QED) is 0.786. The summed E-state index contributed by atoms with van der Waals surface area (Å²) in [5.74, 6) is 1.10. The maximum Gasteiger partial charge on any atom is 0.341 e. The smallest absolute Gasteiger partial charge is 0.341 e. The topological polar surface area (TPSA) is 55.3 Å². The summed E-state index contributed by atoms with van der Waals surface area (Å²) in [6.45, 7) is 12.5. The highest BCUT2D eigenvalue weighted by Crippen LogP contribution is 2.35. The molecule has 1 aliphatic heterocycles. The van der Waals surface area contributed by atoms with Gasteiger partial charge in [-0.2, -0.15) is 0 Å². The Balaban J connectivity index is 2.17. The van der Waals surface area contributed by atoms with E-state index >= 15 is 0 Å². The van der Waals surface area contributed by atoms with Crippen LogP contribution in [0.4, 0.5) is 5.95 Å². The van der Waals surface area contributed by atoms with E-state index in [0.717, 1.165) is 37.8 Å². The molecule has 22 heavy (non-hydrogen) atoms. The normalized spacial score (nSPS) is 16.7. The largest absolute Gasteiger partial charge is 0.465 e. The summed E-state index contributed by atoms with van der Waals surface area (Å²) in [6.07, 6.45) is 2.31. The number of ether oxygens (including phenoxy) is 1. The number of aryl methyl sites for hydroxylation is 2. The molecule has 0 atom stereocenters.